The van der Waals surface area contributed by atoms with Crippen LogP contribution in [0.1, 0.15) is 27.8 Å². The normalized spacial score (nSPS) is 11.4. The predicted molar refractivity (Wildman–Crippen MR) is 235 cm³/mol. The van der Waals surface area contributed by atoms with Gasteiger partial charge in [-0.2, -0.15) is 34.2 Å². The first-order chi connectivity index (χ1) is 30.2. The number of benzene rings is 8. The second kappa shape index (κ2) is 14.4. The van der Waals surface area contributed by atoms with Crippen molar-refractivity contribution >= 4 is 43.6 Å². The highest BCUT2D eigenvalue weighted by Crippen LogP contribution is 2.43. The summed E-state index contributed by atoms with van der Waals surface area (Å²) in [7, 11) is 0. The van der Waals surface area contributed by atoms with Crippen LogP contribution in [-0.2, 0) is 6.18 Å². The molecule has 0 bridgehead atoms. The van der Waals surface area contributed by atoms with E-state index in [9.17, 15) is 34.2 Å². The topological polar surface area (TPSA) is 105 Å². The Morgan fingerprint density at radius 2 is 0.790 bits per heavy atom. The van der Waals surface area contributed by atoms with E-state index in [1.165, 1.54) is 6.07 Å². The van der Waals surface area contributed by atoms with E-state index in [-0.39, 0.29) is 16.7 Å². The molecule has 0 unspecified atom stereocenters. The standard InChI is InChI=1S/C53H27F3N6/c54-53(55,56)41-22-34(30-59)21-39(23-41)40-26-51(61-47-13-3-1-11-42(47)44-17-15-37(24-49(44)61)35-9-5-7-32(19-35)28-57)46(31-60)52(27-40)62-48-14-4-2-12-43(48)45-18-16-38(25-50(45)62)36-10-6-8-33(20-36)29-58/h1-27H. The van der Waals surface area contributed by atoms with E-state index in [1.807, 2.05) is 124 Å². The first-order valence-corrected chi connectivity index (χ1v) is 19.5. The van der Waals surface area contributed by atoms with Crippen LogP contribution in [0, 0.1) is 45.3 Å². The van der Waals surface area contributed by atoms with Crippen LogP contribution in [0.5, 0.6) is 0 Å². The second-order valence-corrected chi connectivity index (χ2v) is 15.0. The van der Waals surface area contributed by atoms with Crippen LogP contribution >= 0.6 is 0 Å². The lowest BCUT2D eigenvalue weighted by Gasteiger charge is -2.19. The number of para-hydroxylation sites is 2. The zero-order valence-corrected chi connectivity index (χ0v) is 32.4. The Hall–Kier alpha value is -8.89. The third-order valence-corrected chi connectivity index (χ3v) is 11.4. The maximum Gasteiger partial charge on any atom is 0.416 e. The number of nitriles is 4. The Bertz CT molecular complexity index is 3500. The molecule has 2 aromatic heterocycles. The van der Waals surface area contributed by atoms with Gasteiger partial charge < -0.3 is 9.13 Å². The maximum atomic E-state index is 14.5. The summed E-state index contributed by atoms with van der Waals surface area (Å²) in [5, 5.41) is 44.3. The third-order valence-electron chi connectivity index (χ3n) is 11.4. The summed E-state index contributed by atoms with van der Waals surface area (Å²) in [6.07, 6.45) is -4.74. The molecule has 9 heteroatoms. The van der Waals surface area contributed by atoms with E-state index < -0.39 is 11.7 Å². The van der Waals surface area contributed by atoms with Gasteiger partial charge in [-0.1, -0.05) is 84.9 Å². The van der Waals surface area contributed by atoms with Crippen LogP contribution in [0.3, 0.4) is 0 Å². The van der Waals surface area contributed by atoms with Gasteiger partial charge in [-0.3, -0.25) is 0 Å². The summed E-state index contributed by atoms with van der Waals surface area (Å²) in [4.78, 5) is 0. The molecule has 10 rings (SSSR count). The fraction of sp³-hybridized carbons (Fsp3) is 0.0189. The highest BCUT2D eigenvalue weighted by atomic mass is 19.4. The van der Waals surface area contributed by atoms with E-state index in [4.69, 9.17) is 0 Å². The number of hydrogen-bond acceptors (Lipinski definition) is 4. The minimum Gasteiger partial charge on any atom is -0.308 e. The summed E-state index contributed by atoms with van der Waals surface area (Å²) in [5.41, 5.74) is 7.67. The second-order valence-electron chi connectivity index (χ2n) is 15.0. The van der Waals surface area contributed by atoms with Crippen molar-refractivity contribution in [3.8, 4) is 69.0 Å². The van der Waals surface area contributed by atoms with E-state index in [1.54, 1.807) is 36.4 Å². The van der Waals surface area contributed by atoms with E-state index >= 15 is 0 Å². The number of aromatic nitrogens is 2. The molecule has 0 aliphatic rings. The van der Waals surface area contributed by atoms with Gasteiger partial charge >= 0.3 is 6.18 Å². The van der Waals surface area contributed by atoms with Crippen LogP contribution in [0.25, 0.3) is 88.4 Å². The van der Waals surface area contributed by atoms with Gasteiger partial charge in [0.2, 0.25) is 0 Å². The van der Waals surface area contributed by atoms with Crippen molar-refractivity contribution in [2.24, 2.45) is 0 Å². The van der Waals surface area contributed by atoms with Gasteiger partial charge in [0.1, 0.15) is 11.6 Å². The average molecular weight is 805 g/mol. The number of halogens is 3. The van der Waals surface area contributed by atoms with Crippen LogP contribution in [0.15, 0.2) is 164 Å². The maximum absolute atomic E-state index is 14.5. The van der Waals surface area contributed by atoms with Crippen molar-refractivity contribution in [3.05, 3.63) is 192 Å². The van der Waals surface area contributed by atoms with Gasteiger partial charge in [0.25, 0.3) is 0 Å². The summed E-state index contributed by atoms with van der Waals surface area (Å²) < 4.78 is 47.4. The molecule has 6 nitrogen and oxygen atoms in total. The van der Waals surface area contributed by atoms with Crippen molar-refractivity contribution in [1.82, 2.24) is 9.13 Å². The predicted octanol–water partition coefficient (Wildman–Crippen LogP) is 13.4. The molecular weight excluding hydrogens is 778 g/mol. The molecular formula is C53H27F3N6. The highest BCUT2D eigenvalue weighted by molar-refractivity contribution is 6.12. The Labute approximate surface area is 352 Å². The Kier molecular flexibility index (Phi) is 8.70. The molecule has 0 aliphatic carbocycles. The van der Waals surface area contributed by atoms with Gasteiger partial charge in [-0.25, -0.2) is 0 Å². The fourth-order valence-electron chi connectivity index (χ4n) is 8.62. The Morgan fingerprint density at radius 3 is 1.26 bits per heavy atom. The number of fused-ring (bicyclic) bond motifs is 6. The minimum absolute atomic E-state index is 0.146. The number of rotatable bonds is 5. The largest absolute Gasteiger partial charge is 0.416 e. The molecule has 290 valence electrons. The van der Waals surface area contributed by atoms with Crippen molar-refractivity contribution < 1.29 is 13.2 Å². The van der Waals surface area contributed by atoms with Gasteiger partial charge in [-0.05, 0) is 112 Å². The van der Waals surface area contributed by atoms with Gasteiger partial charge in [0.05, 0.1) is 73.9 Å². The molecule has 8 aromatic carbocycles. The smallest absolute Gasteiger partial charge is 0.308 e. The van der Waals surface area contributed by atoms with Crippen LogP contribution in [0.2, 0.25) is 0 Å². The first kappa shape index (κ1) is 37.4. The third kappa shape index (κ3) is 6.09. The molecule has 0 atom stereocenters. The lowest BCUT2D eigenvalue weighted by molar-refractivity contribution is -0.137. The average Bonchev–Trinajstić information content (AvgIpc) is 3.82. The molecule has 0 radical (unpaired) electrons. The van der Waals surface area contributed by atoms with E-state index in [0.29, 0.717) is 28.1 Å². The van der Waals surface area contributed by atoms with Crippen LogP contribution < -0.4 is 0 Å². The molecule has 2 heterocycles. The van der Waals surface area contributed by atoms with Crippen LogP contribution in [0.4, 0.5) is 13.2 Å². The summed E-state index contributed by atoms with van der Waals surface area (Å²) in [6, 6.07) is 57.6. The molecule has 0 aliphatic heterocycles. The Morgan fingerprint density at radius 1 is 0.355 bits per heavy atom. The fourth-order valence-corrected chi connectivity index (χ4v) is 8.62. The lowest BCUT2D eigenvalue weighted by atomic mass is 9.96. The molecule has 0 spiro atoms. The molecule has 0 saturated heterocycles. The number of alkyl halides is 3. The van der Waals surface area contributed by atoms with Gasteiger partial charge in [-0.15, -0.1) is 0 Å². The number of nitrogens with zero attached hydrogens (tertiary/aromatic N) is 6. The molecule has 0 fully saturated rings. The van der Waals surface area contributed by atoms with E-state index in [0.717, 1.165) is 78.0 Å². The molecule has 0 amide bonds. The van der Waals surface area contributed by atoms with Crippen molar-refractivity contribution in [1.29, 1.82) is 21.0 Å². The molecule has 0 N–H and O–H groups in total. The van der Waals surface area contributed by atoms with Crippen molar-refractivity contribution in [2.45, 2.75) is 6.18 Å². The summed E-state index contributed by atoms with van der Waals surface area (Å²) >= 11 is 0. The summed E-state index contributed by atoms with van der Waals surface area (Å²) in [5.74, 6) is 0. The first-order valence-electron chi connectivity index (χ1n) is 19.5. The summed E-state index contributed by atoms with van der Waals surface area (Å²) in [6.45, 7) is 0. The van der Waals surface area contributed by atoms with Gasteiger partial charge in [0, 0.05) is 21.5 Å². The van der Waals surface area contributed by atoms with Gasteiger partial charge in [0.15, 0.2) is 0 Å². The Balaban J connectivity index is 1.35. The van der Waals surface area contributed by atoms with Crippen molar-refractivity contribution in [2.75, 3.05) is 0 Å². The molecule has 0 saturated carbocycles. The molecule has 10 aromatic rings. The minimum atomic E-state index is -4.74. The number of hydrogen-bond donors (Lipinski definition) is 0. The zero-order valence-electron chi connectivity index (χ0n) is 32.4. The zero-order chi connectivity index (χ0) is 42.7. The SMILES string of the molecule is N#Cc1cccc(-c2ccc3c4ccccc4n(-c4cc(-c5cc(C#N)cc(C(F)(F)F)c5)cc(-n5c6ccccc6c6ccc(-c7cccc(C#N)c7)cc65)c4C#N)c3c2)c1. The quantitative estimate of drug-likeness (QED) is 0.173. The highest BCUT2D eigenvalue weighted by Gasteiger charge is 2.32. The monoisotopic (exact) mass is 804 g/mol. The van der Waals surface area contributed by atoms with E-state index in [2.05, 4.69) is 18.2 Å². The molecule has 62 heavy (non-hydrogen) atoms. The lowest BCUT2D eigenvalue weighted by Crippen LogP contribution is -2.07. The van der Waals surface area contributed by atoms with Crippen molar-refractivity contribution in [3.63, 3.8) is 0 Å². The van der Waals surface area contributed by atoms with Crippen LogP contribution in [-0.4, -0.2) is 9.13 Å².